The molecule has 1 aromatic carbocycles. The Hall–Kier alpha value is -2.64. The fraction of sp³-hybridized carbons (Fsp3) is 0.520. The third kappa shape index (κ3) is 5.40. The van der Waals surface area contributed by atoms with Gasteiger partial charge in [0.25, 0.3) is 0 Å². The molecule has 32 heavy (non-hydrogen) atoms. The van der Waals surface area contributed by atoms with Crippen LogP contribution in [0.25, 0.3) is 11.1 Å². The Kier molecular flexibility index (Phi) is 6.96. The number of benzene rings is 1. The number of amides is 1. The van der Waals surface area contributed by atoms with Crippen molar-refractivity contribution in [1.82, 2.24) is 15.2 Å². The first-order valence-electron chi connectivity index (χ1n) is 11.3. The molecule has 2 aromatic rings. The van der Waals surface area contributed by atoms with Gasteiger partial charge in [0.05, 0.1) is 17.8 Å². The van der Waals surface area contributed by atoms with Crippen LogP contribution in [0.3, 0.4) is 0 Å². The van der Waals surface area contributed by atoms with Gasteiger partial charge >= 0.3 is 6.09 Å². The Morgan fingerprint density at radius 1 is 1.09 bits per heavy atom. The van der Waals surface area contributed by atoms with Crippen LogP contribution in [0.1, 0.15) is 32.4 Å². The summed E-state index contributed by atoms with van der Waals surface area (Å²) in [6.45, 7) is 8.06. The predicted molar refractivity (Wildman–Crippen MR) is 123 cm³/mol. The fourth-order valence-electron chi connectivity index (χ4n) is 4.45. The van der Waals surface area contributed by atoms with Crippen molar-refractivity contribution in [3.63, 3.8) is 0 Å². The lowest BCUT2D eigenvalue weighted by atomic mass is 9.86. The second-order valence-electron chi connectivity index (χ2n) is 9.13. The predicted octanol–water partition coefficient (Wildman–Crippen LogP) is 3.83. The van der Waals surface area contributed by atoms with Crippen molar-refractivity contribution in [3.8, 4) is 16.9 Å². The van der Waals surface area contributed by atoms with Crippen LogP contribution in [-0.4, -0.2) is 62.0 Å². The van der Waals surface area contributed by atoms with E-state index in [0.717, 1.165) is 55.0 Å². The van der Waals surface area contributed by atoms with Gasteiger partial charge in [0.15, 0.2) is 0 Å². The van der Waals surface area contributed by atoms with Crippen molar-refractivity contribution in [1.29, 1.82) is 0 Å². The molecule has 0 saturated carbocycles. The summed E-state index contributed by atoms with van der Waals surface area (Å²) in [5, 5.41) is 3.00. The van der Waals surface area contributed by atoms with E-state index < -0.39 is 5.54 Å². The maximum Gasteiger partial charge on any atom is 0.408 e. The second kappa shape index (κ2) is 9.88. The minimum atomic E-state index is -0.636. The quantitative estimate of drug-likeness (QED) is 0.631. The van der Waals surface area contributed by atoms with Crippen LogP contribution in [0, 0.1) is 5.92 Å². The number of carbonyl (C=O) groups excluding carboxylic acids is 1. The zero-order valence-corrected chi connectivity index (χ0v) is 19.2. The van der Waals surface area contributed by atoms with E-state index in [4.69, 9.17) is 14.2 Å². The number of nitrogens with zero attached hydrogens (tertiary/aromatic N) is 2. The SMILES string of the molecule is COCCOc1ccc(-c2ccc(C(C)(C)NC(=O)OC3CN4CCC3CC4)nc2)cc1. The van der Waals surface area contributed by atoms with Gasteiger partial charge in [-0.1, -0.05) is 18.2 Å². The maximum atomic E-state index is 12.6. The van der Waals surface area contributed by atoms with Gasteiger partial charge in [-0.3, -0.25) is 9.88 Å². The van der Waals surface area contributed by atoms with E-state index in [2.05, 4.69) is 15.2 Å². The number of fused-ring (bicyclic) bond motifs is 3. The molecule has 1 aromatic heterocycles. The molecule has 2 bridgehead atoms. The molecular weight excluding hydrogens is 406 g/mol. The second-order valence-corrected chi connectivity index (χ2v) is 9.13. The van der Waals surface area contributed by atoms with Gasteiger partial charge < -0.3 is 19.5 Å². The van der Waals surface area contributed by atoms with Gasteiger partial charge in [-0.2, -0.15) is 0 Å². The molecule has 1 amide bonds. The van der Waals surface area contributed by atoms with Gasteiger partial charge in [-0.05, 0) is 69.5 Å². The van der Waals surface area contributed by atoms with Crippen molar-refractivity contribution in [2.24, 2.45) is 5.92 Å². The molecular formula is C25H33N3O4. The topological polar surface area (TPSA) is 72.9 Å². The van der Waals surface area contributed by atoms with E-state index in [9.17, 15) is 4.79 Å². The van der Waals surface area contributed by atoms with Gasteiger partial charge in [0.1, 0.15) is 18.5 Å². The summed E-state index contributed by atoms with van der Waals surface area (Å²) in [5.41, 5.74) is 2.20. The zero-order chi connectivity index (χ0) is 22.6. The van der Waals surface area contributed by atoms with Crippen molar-refractivity contribution in [2.75, 3.05) is 40.0 Å². The number of ether oxygens (including phenoxy) is 3. The summed E-state index contributed by atoms with van der Waals surface area (Å²) in [5.74, 6) is 1.30. The van der Waals surface area contributed by atoms with E-state index in [-0.39, 0.29) is 12.2 Å². The number of rotatable bonds is 8. The number of piperidine rings is 3. The summed E-state index contributed by atoms with van der Waals surface area (Å²) in [6, 6.07) is 11.9. The summed E-state index contributed by atoms with van der Waals surface area (Å²) >= 11 is 0. The van der Waals surface area contributed by atoms with Crippen LogP contribution in [0.2, 0.25) is 0 Å². The first kappa shape index (κ1) is 22.6. The van der Waals surface area contributed by atoms with E-state index in [0.29, 0.717) is 19.1 Å². The number of hydrogen-bond acceptors (Lipinski definition) is 6. The molecule has 7 heteroatoms. The van der Waals surface area contributed by atoms with Crippen molar-refractivity contribution in [3.05, 3.63) is 48.3 Å². The van der Waals surface area contributed by atoms with Gasteiger partial charge in [-0.15, -0.1) is 0 Å². The lowest BCUT2D eigenvalue weighted by molar-refractivity contribution is -0.0350. The molecule has 3 fully saturated rings. The number of aromatic nitrogens is 1. The first-order chi connectivity index (χ1) is 15.4. The molecule has 0 aliphatic carbocycles. The Morgan fingerprint density at radius 3 is 2.41 bits per heavy atom. The molecule has 7 nitrogen and oxygen atoms in total. The van der Waals surface area contributed by atoms with Gasteiger partial charge in [0.2, 0.25) is 0 Å². The average molecular weight is 440 g/mol. The molecule has 0 spiro atoms. The molecule has 3 saturated heterocycles. The highest BCUT2D eigenvalue weighted by Gasteiger charge is 2.37. The van der Waals surface area contributed by atoms with Crippen molar-refractivity contribution < 1.29 is 19.0 Å². The summed E-state index contributed by atoms with van der Waals surface area (Å²) in [6.07, 6.45) is 3.68. The molecule has 1 atom stereocenters. The van der Waals surface area contributed by atoms with Crippen LogP contribution in [-0.2, 0) is 15.0 Å². The average Bonchev–Trinajstić information content (AvgIpc) is 2.80. The monoisotopic (exact) mass is 439 g/mol. The Bertz CT molecular complexity index is 890. The molecule has 5 rings (SSSR count). The number of nitrogens with one attached hydrogen (secondary N) is 1. The lowest BCUT2D eigenvalue weighted by Crippen LogP contribution is -2.53. The van der Waals surface area contributed by atoms with E-state index in [1.54, 1.807) is 7.11 Å². The maximum absolute atomic E-state index is 12.6. The third-order valence-corrected chi connectivity index (χ3v) is 6.42. The van der Waals surface area contributed by atoms with E-state index >= 15 is 0 Å². The number of methoxy groups -OCH3 is 1. The van der Waals surface area contributed by atoms with Crippen LogP contribution < -0.4 is 10.1 Å². The smallest absolute Gasteiger partial charge is 0.408 e. The Balaban J connectivity index is 1.34. The van der Waals surface area contributed by atoms with Crippen LogP contribution >= 0.6 is 0 Å². The molecule has 0 radical (unpaired) electrons. The fourth-order valence-corrected chi connectivity index (χ4v) is 4.45. The van der Waals surface area contributed by atoms with Crippen LogP contribution in [0.15, 0.2) is 42.6 Å². The molecule has 1 unspecified atom stereocenters. The summed E-state index contributed by atoms with van der Waals surface area (Å²) < 4.78 is 16.4. The minimum absolute atomic E-state index is 0.00918. The highest BCUT2D eigenvalue weighted by atomic mass is 16.6. The number of pyridine rings is 1. The Labute approximate surface area is 190 Å². The molecule has 172 valence electrons. The number of carbonyl (C=O) groups is 1. The first-order valence-corrected chi connectivity index (χ1v) is 11.3. The number of alkyl carbamates (subject to hydrolysis) is 1. The highest BCUT2D eigenvalue weighted by molar-refractivity contribution is 5.69. The lowest BCUT2D eigenvalue weighted by Gasteiger charge is -2.44. The molecule has 4 heterocycles. The van der Waals surface area contributed by atoms with Crippen LogP contribution in [0.4, 0.5) is 4.79 Å². The van der Waals surface area contributed by atoms with Crippen LogP contribution in [0.5, 0.6) is 5.75 Å². The Morgan fingerprint density at radius 2 is 1.81 bits per heavy atom. The van der Waals surface area contributed by atoms with Gasteiger partial charge in [0, 0.05) is 25.4 Å². The van der Waals surface area contributed by atoms with E-state index in [1.165, 1.54) is 0 Å². The summed E-state index contributed by atoms with van der Waals surface area (Å²) in [7, 11) is 1.65. The van der Waals surface area contributed by atoms with E-state index in [1.807, 2.05) is 56.4 Å². The zero-order valence-electron chi connectivity index (χ0n) is 19.2. The van der Waals surface area contributed by atoms with Gasteiger partial charge in [-0.25, -0.2) is 4.79 Å². The number of hydrogen-bond donors (Lipinski definition) is 1. The van der Waals surface area contributed by atoms with Crippen molar-refractivity contribution >= 4 is 6.09 Å². The highest BCUT2D eigenvalue weighted by Crippen LogP contribution is 2.30. The normalized spacial score (nSPS) is 22.4. The largest absolute Gasteiger partial charge is 0.491 e. The standard InChI is InChI=1S/C25H33N3O4/c1-25(2,27-24(29)32-22-17-28-12-10-19(22)11-13-28)23-9-6-20(16-26-23)18-4-7-21(8-5-18)31-15-14-30-3/h4-9,16,19,22H,10-15,17H2,1-3H3,(H,27,29). The van der Waals surface area contributed by atoms with Crippen molar-refractivity contribution in [2.45, 2.75) is 38.3 Å². The molecule has 3 aliphatic heterocycles. The third-order valence-electron chi connectivity index (χ3n) is 6.42. The molecule has 3 aliphatic rings. The minimum Gasteiger partial charge on any atom is -0.491 e. The molecule has 1 N–H and O–H groups in total. The summed E-state index contributed by atoms with van der Waals surface area (Å²) in [4.78, 5) is 19.6.